The molecule has 0 aliphatic rings. The van der Waals surface area contributed by atoms with Crippen LogP contribution in [0.1, 0.15) is 0 Å². The SMILES string of the molecule is C#CCOc1ccc(-c2cccc(-c3cc(-c4cccc(-c5ccc(OCC#C)cc5)c4)cc(-c4cccc(-c5ccc(OCC#C)cc5)c4)c3)c2)cc1. The maximum atomic E-state index is 5.60. The largest absolute Gasteiger partial charge is 0.481 e. The third kappa shape index (κ3) is 8.39. The van der Waals surface area contributed by atoms with Gasteiger partial charge >= 0.3 is 0 Å². The van der Waals surface area contributed by atoms with Crippen LogP contribution in [0.5, 0.6) is 17.2 Å². The van der Waals surface area contributed by atoms with Gasteiger partial charge in [0, 0.05) is 0 Å². The van der Waals surface area contributed by atoms with Crippen molar-refractivity contribution in [3.63, 3.8) is 0 Å². The van der Waals surface area contributed by atoms with Crippen molar-refractivity contribution in [1.82, 2.24) is 0 Å². The second kappa shape index (κ2) is 16.8. The lowest BCUT2D eigenvalue weighted by atomic mass is 9.90. The highest BCUT2D eigenvalue weighted by molar-refractivity contribution is 5.85. The lowest BCUT2D eigenvalue weighted by Gasteiger charge is -2.14. The van der Waals surface area contributed by atoms with Crippen LogP contribution < -0.4 is 14.2 Å². The van der Waals surface area contributed by atoms with E-state index in [4.69, 9.17) is 33.5 Å². The van der Waals surface area contributed by atoms with Gasteiger partial charge in [0.05, 0.1) is 0 Å². The quantitative estimate of drug-likeness (QED) is 0.119. The van der Waals surface area contributed by atoms with Crippen LogP contribution in [0, 0.1) is 37.0 Å². The number of terminal acetylenes is 3. The predicted octanol–water partition coefficient (Wildman–Crippen LogP) is 11.7. The zero-order valence-electron chi connectivity index (χ0n) is 29.7. The topological polar surface area (TPSA) is 27.7 Å². The Labute approximate surface area is 317 Å². The summed E-state index contributed by atoms with van der Waals surface area (Å²) < 4.78 is 16.8. The predicted molar refractivity (Wildman–Crippen MR) is 222 cm³/mol. The minimum absolute atomic E-state index is 0.238. The molecule has 0 spiro atoms. The molecule has 0 N–H and O–H groups in total. The Morgan fingerprint density at radius 3 is 0.741 bits per heavy atom. The summed E-state index contributed by atoms with van der Waals surface area (Å²) in [6, 6.07) is 56.8. The van der Waals surface area contributed by atoms with Crippen LogP contribution in [0.25, 0.3) is 66.8 Å². The molecule has 7 rings (SSSR count). The first-order valence-electron chi connectivity index (χ1n) is 17.6. The lowest BCUT2D eigenvalue weighted by Crippen LogP contribution is -1.93. The fourth-order valence-electron chi connectivity index (χ4n) is 6.37. The summed E-state index contributed by atoms with van der Waals surface area (Å²) in [6.07, 6.45) is 16.1. The van der Waals surface area contributed by atoms with E-state index in [1.54, 1.807) is 0 Å². The van der Waals surface area contributed by atoms with Crippen LogP contribution in [0.4, 0.5) is 0 Å². The first-order chi connectivity index (χ1) is 26.6. The molecule has 3 heteroatoms. The minimum Gasteiger partial charge on any atom is -0.481 e. The molecule has 0 fully saturated rings. The van der Waals surface area contributed by atoms with Crippen molar-refractivity contribution in [1.29, 1.82) is 0 Å². The van der Waals surface area contributed by atoms with Gasteiger partial charge in [-0.15, -0.1) is 19.3 Å². The molecule has 0 heterocycles. The Balaban J connectivity index is 1.29. The molecular formula is C51H36O3. The first-order valence-corrected chi connectivity index (χ1v) is 17.6. The van der Waals surface area contributed by atoms with E-state index < -0.39 is 0 Å². The van der Waals surface area contributed by atoms with Crippen molar-refractivity contribution in [3.8, 4) is 121 Å². The van der Waals surface area contributed by atoms with E-state index in [9.17, 15) is 0 Å². The van der Waals surface area contributed by atoms with Gasteiger partial charge in [-0.3, -0.25) is 0 Å². The fraction of sp³-hybridized carbons (Fsp3) is 0.0588. The van der Waals surface area contributed by atoms with Crippen molar-refractivity contribution >= 4 is 0 Å². The Morgan fingerprint density at radius 2 is 0.500 bits per heavy atom. The molecule has 7 aromatic rings. The van der Waals surface area contributed by atoms with Crippen molar-refractivity contribution in [2.24, 2.45) is 0 Å². The van der Waals surface area contributed by atoms with Crippen molar-refractivity contribution in [2.75, 3.05) is 19.8 Å². The summed E-state index contributed by atoms with van der Waals surface area (Å²) in [4.78, 5) is 0. The van der Waals surface area contributed by atoms with Crippen LogP contribution in [-0.2, 0) is 0 Å². The zero-order chi connectivity index (χ0) is 37.1. The first kappa shape index (κ1) is 35.0. The average Bonchev–Trinajstić information content (AvgIpc) is 3.24. The third-order valence-corrected chi connectivity index (χ3v) is 9.05. The monoisotopic (exact) mass is 696 g/mol. The summed E-state index contributed by atoms with van der Waals surface area (Å²) in [5, 5.41) is 0. The fourth-order valence-corrected chi connectivity index (χ4v) is 6.37. The van der Waals surface area contributed by atoms with E-state index >= 15 is 0 Å². The summed E-state index contributed by atoms with van der Waals surface area (Å²) >= 11 is 0. The molecule has 0 radical (unpaired) electrons. The number of hydrogen-bond donors (Lipinski definition) is 0. The average molecular weight is 697 g/mol. The van der Waals surface area contributed by atoms with Crippen molar-refractivity contribution in [2.45, 2.75) is 0 Å². The zero-order valence-corrected chi connectivity index (χ0v) is 29.7. The highest BCUT2D eigenvalue weighted by atomic mass is 16.5. The lowest BCUT2D eigenvalue weighted by molar-refractivity contribution is 0.370. The highest BCUT2D eigenvalue weighted by Crippen LogP contribution is 2.37. The van der Waals surface area contributed by atoms with E-state index in [1.807, 2.05) is 36.4 Å². The van der Waals surface area contributed by atoms with E-state index in [2.05, 4.69) is 145 Å². The number of rotatable bonds is 12. The summed E-state index contributed by atoms with van der Waals surface area (Å²) in [6.45, 7) is 0.715. The molecule has 0 unspecified atom stereocenters. The molecule has 0 saturated carbocycles. The van der Waals surface area contributed by atoms with Crippen molar-refractivity contribution < 1.29 is 14.2 Å². The summed E-state index contributed by atoms with van der Waals surface area (Å²) in [5.74, 6) is 9.79. The standard InChI is InChI=1S/C51H36O3/c1-4-28-52-49-22-16-37(17-23-49)40-10-7-13-43(31-40)46-34-47(44-14-8-11-41(32-44)38-18-24-50(25-19-38)53-29-5-2)36-48(35-46)45-15-9-12-42(33-45)39-20-26-51(27-21-39)54-30-6-3/h1-3,7-27,31-36H,28-30H2. The van der Waals surface area contributed by atoms with Crippen LogP contribution in [0.2, 0.25) is 0 Å². The van der Waals surface area contributed by atoms with E-state index in [0.717, 1.165) is 84.0 Å². The van der Waals surface area contributed by atoms with Gasteiger partial charge in [-0.25, -0.2) is 0 Å². The van der Waals surface area contributed by atoms with Gasteiger partial charge < -0.3 is 14.2 Å². The Kier molecular flexibility index (Phi) is 10.9. The second-order valence-electron chi connectivity index (χ2n) is 12.6. The van der Waals surface area contributed by atoms with Gasteiger partial charge in [-0.1, -0.05) is 109 Å². The van der Waals surface area contributed by atoms with Gasteiger partial charge in [0.1, 0.15) is 37.1 Å². The molecule has 0 aliphatic heterocycles. The maximum Gasteiger partial charge on any atom is 0.148 e. The summed E-state index contributed by atoms with van der Waals surface area (Å²) in [7, 11) is 0. The van der Waals surface area contributed by atoms with Crippen LogP contribution in [0.15, 0.2) is 164 Å². The van der Waals surface area contributed by atoms with Crippen LogP contribution in [0.3, 0.4) is 0 Å². The minimum atomic E-state index is 0.238. The Bertz CT molecular complexity index is 2210. The Morgan fingerprint density at radius 1 is 0.278 bits per heavy atom. The molecule has 0 aromatic heterocycles. The van der Waals surface area contributed by atoms with Gasteiger partial charge in [-0.2, -0.15) is 0 Å². The van der Waals surface area contributed by atoms with Gasteiger partial charge in [-0.05, 0) is 140 Å². The van der Waals surface area contributed by atoms with Gasteiger partial charge in [0.2, 0.25) is 0 Å². The summed E-state index contributed by atoms with van der Waals surface area (Å²) in [5.41, 5.74) is 13.3. The van der Waals surface area contributed by atoms with Gasteiger partial charge in [0.15, 0.2) is 0 Å². The third-order valence-electron chi connectivity index (χ3n) is 9.05. The van der Waals surface area contributed by atoms with E-state index in [1.165, 1.54) is 0 Å². The maximum absolute atomic E-state index is 5.60. The smallest absolute Gasteiger partial charge is 0.148 e. The highest BCUT2D eigenvalue weighted by Gasteiger charge is 2.11. The molecule has 0 saturated heterocycles. The van der Waals surface area contributed by atoms with Crippen molar-refractivity contribution in [3.05, 3.63) is 164 Å². The number of hydrogen-bond acceptors (Lipinski definition) is 3. The molecular weight excluding hydrogens is 661 g/mol. The van der Waals surface area contributed by atoms with E-state index in [-0.39, 0.29) is 19.8 Å². The molecule has 0 amide bonds. The molecule has 7 aromatic carbocycles. The molecule has 3 nitrogen and oxygen atoms in total. The number of ether oxygens (including phenoxy) is 3. The second-order valence-corrected chi connectivity index (χ2v) is 12.6. The molecule has 54 heavy (non-hydrogen) atoms. The molecule has 0 bridgehead atoms. The molecule has 0 aliphatic carbocycles. The Hall–Kier alpha value is -7.38. The van der Waals surface area contributed by atoms with E-state index in [0.29, 0.717) is 0 Å². The van der Waals surface area contributed by atoms with Crippen LogP contribution in [-0.4, -0.2) is 19.8 Å². The van der Waals surface area contributed by atoms with Gasteiger partial charge in [0.25, 0.3) is 0 Å². The number of benzene rings is 7. The molecule has 258 valence electrons. The van der Waals surface area contributed by atoms with Crippen LogP contribution >= 0.6 is 0 Å². The molecule has 0 atom stereocenters. The normalized spacial score (nSPS) is 10.4.